The predicted octanol–water partition coefficient (Wildman–Crippen LogP) is 5.08. The molecule has 1 aliphatic carbocycles. The first kappa shape index (κ1) is 31.0. The van der Waals surface area contributed by atoms with Gasteiger partial charge in [-0.3, -0.25) is 0 Å². The van der Waals surface area contributed by atoms with Gasteiger partial charge in [-0.2, -0.15) is 0 Å². The van der Waals surface area contributed by atoms with E-state index < -0.39 is 30.3 Å². The van der Waals surface area contributed by atoms with Crippen molar-refractivity contribution in [3.8, 4) is 23.0 Å². The molecular formula is C31H37N3O8. The molecule has 3 aromatic carbocycles. The number of rotatable bonds is 15. The van der Waals surface area contributed by atoms with E-state index in [1.165, 1.54) is 0 Å². The highest BCUT2D eigenvalue weighted by Gasteiger charge is 2.51. The van der Waals surface area contributed by atoms with Gasteiger partial charge in [0, 0.05) is 10.8 Å². The summed E-state index contributed by atoms with van der Waals surface area (Å²) >= 11 is 0. The van der Waals surface area contributed by atoms with Crippen molar-refractivity contribution < 1.29 is 38.3 Å². The molecule has 1 aliphatic rings. The molecule has 0 saturated heterocycles. The van der Waals surface area contributed by atoms with E-state index in [0.29, 0.717) is 29.6 Å². The fourth-order valence-electron chi connectivity index (χ4n) is 5.12. The average Bonchev–Trinajstić information content (AvgIpc) is 3.28. The second-order valence-electron chi connectivity index (χ2n) is 9.78. The molecule has 0 heterocycles. The van der Waals surface area contributed by atoms with Crippen molar-refractivity contribution in [1.82, 2.24) is 0 Å². The summed E-state index contributed by atoms with van der Waals surface area (Å²) in [6.45, 7) is 0.913. The smallest absolute Gasteiger partial charge is 0.161 e. The van der Waals surface area contributed by atoms with Crippen LogP contribution < -0.4 is 18.9 Å². The van der Waals surface area contributed by atoms with E-state index in [1.807, 2.05) is 54.6 Å². The molecule has 1 N–H and O–H groups in total. The predicted molar refractivity (Wildman–Crippen MR) is 155 cm³/mol. The number of hydrogen-bond acceptors (Lipinski definition) is 9. The van der Waals surface area contributed by atoms with Crippen molar-refractivity contribution in [2.75, 3.05) is 35.0 Å². The SMILES string of the molecule is COc1ccc(CO[C@@H]2C(O)C(N=[N+]=[N-])[C@H](OCc3ccc(OC)c(OC)c3)[C@H]2COCc2ccccc2)cc1OC. The Morgan fingerprint density at radius 2 is 1.24 bits per heavy atom. The first-order valence-corrected chi connectivity index (χ1v) is 13.5. The van der Waals surface area contributed by atoms with Gasteiger partial charge in [0.15, 0.2) is 23.0 Å². The van der Waals surface area contributed by atoms with E-state index >= 15 is 0 Å². The van der Waals surface area contributed by atoms with Crippen LogP contribution in [0.2, 0.25) is 0 Å². The van der Waals surface area contributed by atoms with Crippen LogP contribution in [0.3, 0.4) is 0 Å². The van der Waals surface area contributed by atoms with E-state index in [9.17, 15) is 10.6 Å². The minimum atomic E-state index is -1.12. The number of nitrogens with zero attached hydrogens (tertiary/aromatic N) is 3. The summed E-state index contributed by atoms with van der Waals surface area (Å²) in [5.74, 6) is 1.88. The molecule has 0 bridgehead atoms. The van der Waals surface area contributed by atoms with Crippen LogP contribution in [0.25, 0.3) is 10.4 Å². The molecule has 2 unspecified atom stereocenters. The molecule has 4 rings (SSSR count). The molecule has 0 aromatic heterocycles. The molecule has 1 saturated carbocycles. The second kappa shape index (κ2) is 15.3. The van der Waals surface area contributed by atoms with Crippen LogP contribution in [0, 0.1) is 5.92 Å². The molecular weight excluding hydrogens is 542 g/mol. The fourth-order valence-corrected chi connectivity index (χ4v) is 5.12. The molecule has 0 aliphatic heterocycles. The zero-order chi connectivity index (χ0) is 29.9. The van der Waals surface area contributed by atoms with Gasteiger partial charge in [-0.05, 0) is 46.5 Å². The van der Waals surface area contributed by atoms with Crippen LogP contribution >= 0.6 is 0 Å². The lowest BCUT2D eigenvalue weighted by Gasteiger charge is -2.26. The number of aliphatic hydroxyl groups excluding tert-OH is 1. The lowest BCUT2D eigenvalue weighted by atomic mass is 10.0. The van der Waals surface area contributed by atoms with Gasteiger partial charge in [0.1, 0.15) is 0 Å². The first-order valence-electron chi connectivity index (χ1n) is 13.5. The van der Waals surface area contributed by atoms with Crippen molar-refractivity contribution in [2.24, 2.45) is 11.0 Å². The van der Waals surface area contributed by atoms with Crippen molar-refractivity contribution >= 4 is 0 Å². The number of methoxy groups -OCH3 is 4. The third kappa shape index (κ3) is 7.44. The Morgan fingerprint density at radius 1 is 0.690 bits per heavy atom. The summed E-state index contributed by atoms with van der Waals surface area (Å²) in [6.07, 6.45) is -2.54. The van der Waals surface area contributed by atoms with Gasteiger partial charge in [-0.1, -0.05) is 47.6 Å². The fraction of sp³-hybridized carbons (Fsp3) is 0.419. The lowest BCUT2D eigenvalue weighted by molar-refractivity contribution is -0.0868. The molecule has 5 atom stereocenters. The maximum atomic E-state index is 11.3. The highest BCUT2D eigenvalue weighted by molar-refractivity contribution is 5.43. The molecule has 0 spiro atoms. The van der Waals surface area contributed by atoms with Gasteiger partial charge in [0.25, 0.3) is 0 Å². The number of benzene rings is 3. The standard InChI is InChI=1S/C31H37N3O8/c1-36-24-12-10-21(14-26(24)38-3)17-41-30-23(19-40-16-20-8-6-5-7-9-20)31(29(35)28(30)33-34-32)42-18-22-11-13-25(37-2)27(15-22)39-4/h5-15,23,28-31,35H,16-19H2,1-4H3/t23-,28?,29?,30-,31+/m1/s1. The molecule has 11 heteroatoms. The molecule has 224 valence electrons. The van der Waals surface area contributed by atoms with Crippen molar-refractivity contribution in [3.05, 3.63) is 93.9 Å². The van der Waals surface area contributed by atoms with E-state index in [4.69, 9.17) is 33.2 Å². The number of ether oxygens (including phenoxy) is 7. The van der Waals surface area contributed by atoms with Crippen molar-refractivity contribution in [3.63, 3.8) is 0 Å². The lowest BCUT2D eigenvalue weighted by Crippen LogP contribution is -2.34. The molecule has 0 radical (unpaired) electrons. The summed E-state index contributed by atoms with van der Waals surface area (Å²) in [5, 5.41) is 15.3. The second-order valence-corrected chi connectivity index (χ2v) is 9.78. The van der Waals surface area contributed by atoms with Gasteiger partial charge in [-0.15, -0.1) is 0 Å². The first-order chi connectivity index (χ1) is 20.5. The van der Waals surface area contributed by atoms with Crippen LogP contribution in [0.1, 0.15) is 16.7 Å². The monoisotopic (exact) mass is 579 g/mol. The Bertz CT molecular complexity index is 1340. The summed E-state index contributed by atoms with van der Waals surface area (Å²) in [5.41, 5.74) is 12.0. The molecule has 0 amide bonds. The van der Waals surface area contributed by atoms with E-state index in [-0.39, 0.29) is 19.8 Å². The van der Waals surface area contributed by atoms with Crippen molar-refractivity contribution in [2.45, 2.75) is 44.2 Å². The molecule has 42 heavy (non-hydrogen) atoms. The van der Waals surface area contributed by atoms with Gasteiger partial charge in [0.2, 0.25) is 0 Å². The third-order valence-corrected chi connectivity index (χ3v) is 7.25. The zero-order valence-corrected chi connectivity index (χ0v) is 24.2. The van der Waals surface area contributed by atoms with Crippen LogP contribution in [-0.4, -0.2) is 64.5 Å². The maximum absolute atomic E-state index is 11.3. The van der Waals surface area contributed by atoms with Gasteiger partial charge < -0.3 is 38.3 Å². The molecule has 11 nitrogen and oxygen atoms in total. The Balaban J connectivity index is 1.56. The van der Waals surface area contributed by atoms with Gasteiger partial charge in [-0.25, -0.2) is 0 Å². The Labute approximate surface area is 245 Å². The minimum Gasteiger partial charge on any atom is -0.493 e. The van der Waals surface area contributed by atoms with Crippen LogP contribution in [0.15, 0.2) is 71.8 Å². The average molecular weight is 580 g/mol. The quantitative estimate of drug-likeness (QED) is 0.150. The largest absolute Gasteiger partial charge is 0.493 e. The summed E-state index contributed by atoms with van der Waals surface area (Å²) in [7, 11) is 6.27. The Hall–Kier alpha value is -3.99. The highest BCUT2D eigenvalue weighted by atomic mass is 16.5. The Morgan fingerprint density at radius 3 is 1.76 bits per heavy atom. The van der Waals surface area contributed by atoms with Crippen LogP contribution in [-0.2, 0) is 34.0 Å². The molecule has 3 aromatic rings. The normalized spacial score (nSPS) is 21.4. The summed E-state index contributed by atoms with van der Waals surface area (Å²) < 4.78 is 40.2. The van der Waals surface area contributed by atoms with Crippen LogP contribution in [0.4, 0.5) is 0 Å². The van der Waals surface area contributed by atoms with Crippen molar-refractivity contribution in [1.29, 1.82) is 0 Å². The third-order valence-electron chi connectivity index (χ3n) is 7.25. The summed E-state index contributed by atoms with van der Waals surface area (Å²) in [6, 6.07) is 19.8. The van der Waals surface area contributed by atoms with E-state index in [2.05, 4.69) is 10.0 Å². The minimum absolute atomic E-state index is 0.169. The van der Waals surface area contributed by atoms with Gasteiger partial charge in [0.05, 0.1) is 79.2 Å². The number of azide groups is 1. The highest BCUT2D eigenvalue weighted by Crippen LogP contribution is 2.37. The number of aliphatic hydroxyl groups is 1. The topological polar surface area (TPSA) is 134 Å². The maximum Gasteiger partial charge on any atom is 0.161 e. The number of hydrogen-bond donors (Lipinski definition) is 1. The van der Waals surface area contributed by atoms with E-state index in [1.54, 1.807) is 40.6 Å². The molecule has 1 fully saturated rings. The van der Waals surface area contributed by atoms with E-state index in [0.717, 1.165) is 16.7 Å². The van der Waals surface area contributed by atoms with Gasteiger partial charge >= 0.3 is 0 Å². The zero-order valence-electron chi connectivity index (χ0n) is 24.2. The Kier molecular flexibility index (Phi) is 11.3. The van der Waals surface area contributed by atoms with Crippen LogP contribution in [0.5, 0.6) is 23.0 Å². The summed E-state index contributed by atoms with van der Waals surface area (Å²) in [4.78, 5) is 3.00.